The van der Waals surface area contributed by atoms with E-state index in [1.165, 1.54) is 0 Å². The Kier molecular flexibility index (Phi) is 2.29. The van der Waals surface area contributed by atoms with Gasteiger partial charge in [0.1, 0.15) is 0 Å². The third kappa shape index (κ3) is 1.82. The van der Waals surface area contributed by atoms with Crippen LogP contribution in [0.15, 0.2) is 12.5 Å². The molecule has 1 aromatic rings. The van der Waals surface area contributed by atoms with Crippen molar-refractivity contribution in [3.05, 3.63) is 18.2 Å². The highest BCUT2D eigenvalue weighted by molar-refractivity contribution is 5.06. The van der Waals surface area contributed by atoms with Crippen LogP contribution in [-0.2, 0) is 7.05 Å². The molecule has 11 heavy (non-hydrogen) atoms. The predicted molar refractivity (Wildman–Crippen MR) is 43.6 cm³/mol. The van der Waals surface area contributed by atoms with Crippen molar-refractivity contribution in [2.45, 2.75) is 12.5 Å². The third-order valence-electron chi connectivity index (χ3n) is 1.44. The van der Waals surface area contributed by atoms with Gasteiger partial charge in [0.05, 0.1) is 18.1 Å². The SMILES string of the molecule is C#CCC(N)c1cn(C)cn1. The van der Waals surface area contributed by atoms with Gasteiger partial charge in [0.2, 0.25) is 0 Å². The van der Waals surface area contributed by atoms with Crippen molar-refractivity contribution in [1.29, 1.82) is 0 Å². The van der Waals surface area contributed by atoms with Gasteiger partial charge in [-0.25, -0.2) is 4.98 Å². The van der Waals surface area contributed by atoms with Crippen LogP contribution in [0.25, 0.3) is 0 Å². The van der Waals surface area contributed by atoms with Gasteiger partial charge in [0, 0.05) is 19.7 Å². The molecule has 1 atom stereocenters. The number of terminal acetylenes is 1. The van der Waals surface area contributed by atoms with Crippen molar-refractivity contribution in [3.63, 3.8) is 0 Å². The molecule has 1 aromatic heterocycles. The smallest absolute Gasteiger partial charge is 0.0947 e. The van der Waals surface area contributed by atoms with E-state index >= 15 is 0 Å². The van der Waals surface area contributed by atoms with E-state index in [0.717, 1.165) is 5.69 Å². The van der Waals surface area contributed by atoms with E-state index < -0.39 is 0 Å². The van der Waals surface area contributed by atoms with E-state index in [9.17, 15) is 0 Å². The van der Waals surface area contributed by atoms with E-state index in [4.69, 9.17) is 12.2 Å². The lowest BCUT2D eigenvalue weighted by Gasteiger charge is -2.01. The number of aromatic nitrogens is 2. The van der Waals surface area contributed by atoms with Crippen LogP contribution in [0, 0.1) is 12.3 Å². The highest BCUT2D eigenvalue weighted by Crippen LogP contribution is 2.08. The number of hydrogen-bond donors (Lipinski definition) is 1. The molecule has 0 saturated carbocycles. The zero-order valence-electron chi connectivity index (χ0n) is 6.49. The maximum absolute atomic E-state index is 5.70. The van der Waals surface area contributed by atoms with Gasteiger partial charge in [-0.3, -0.25) is 0 Å². The minimum atomic E-state index is -0.124. The molecule has 0 radical (unpaired) electrons. The van der Waals surface area contributed by atoms with Gasteiger partial charge in [-0.05, 0) is 0 Å². The molecule has 0 amide bonds. The lowest BCUT2D eigenvalue weighted by atomic mass is 10.2. The summed E-state index contributed by atoms with van der Waals surface area (Å²) in [5, 5.41) is 0. The minimum Gasteiger partial charge on any atom is -0.340 e. The van der Waals surface area contributed by atoms with Gasteiger partial charge in [-0.2, -0.15) is 0 Å². The number of hydrogen-bond acceptors (Lipinski definition) is 2. The molecule has 0 fully saturated rings. The van der Waals surface area contributed by atoms with Gasteiger partial charge in [-0.1, -0.05) is 0 Å². The largest absolute Gasteiger partial charge is 0.340 e. The van der Waals surface area contributed by atoms with Crippen LogP contribution in [0.4, 0.5) is 0 Å². The van der Waals surface area contributed by atoms with Crippen LogP contribution in [0.1, 0.15) is 18.2 Å². The Morgan fingerprint density at radius 1 is 1.91 bits per heavy atom. The molecular weight excluding hydrogens is 138 g/mol. The Balaban J connectivity index is 2.70. The Morgan fingerprint density at radius 2 is 2.64 bits per heavy atom. The molecule has 0 bridgehead atoms. The predicted octanol–water partition coefficient (Wildman–Crippen LogP) is 0.443. The molecule has 0 saturated heterocycles. The monoisotopic (exact) mass is 149 g/mol. The lowest BCUT2D eigenvalue weighted by Crippen LogP contribution is -2.09. The summed E-state index contributed by atoms with van der Waals surface area (Å²) < 4.78 is 1.85. The van der Waals surface area contributed by atoms with Gasteiger partial charge in [-0.15, -0.1) is 12.3 Å². The molecule has 3 nitrogen and oxygen atoms in total. The van der Waals surface area contributed by atoms with E-state index in [2.05, 4.69) is 10.9 Å². The Labute approximate surface area is 66.2 Å². The van der Waals surface area contributed by atoms with Crippen molar-refractivity contribution in [1.82, 2.24) is 9.55 Å². The highest BCUT2D eigenvalue weighted by Gasteiger charge is 2.05. The molecule has 1 heterocycles. The van der Waals surface area contributed by atoms with Gasteiger partial charge in [0.15, 0.2) is 0 Å². The fourth-order valence-corrected chi connectivity index (χ4v) is 0.856. The number of aryl methyl sites for hydroxylation is 1. The maximum Gasteiger partial charge on any atom is 0.0947 e. The summed E-state index contributed by atoms with van der Waals surface area (Å²) in [5.74, 6) is 2.50. The van der Waals surface area contributed by atoms with Crippen molar-refractivity contribution >= 4 is 0 Å². The van der Waals surface area contributed by atoms with Crippen LogP contribution in [0.3, 0.4) is 0 Å². The minimum absolute atomic E-state index is 0.124. The quantitative estimate of drug-likeness (QED) is 0.620. The topological polar surface area (TPSA) is 43.8 Å². The molecule has 1 rings (SSSR count). The average Bonchev–Trinajstić information content (AvgIpc) is 2.36. The van der Waals surface area contributed by atoms with Gasteiger partial charge < -0.3 is 10.3 Å². The second-order valence-corrected chi connectivity index (χ2v) is 2.48. The standard InChI is InChI=1S/C8H11N3/c1-3-4-7(9)8-5-11(2)6-10-8/h1,5-7H,4,9H2,2H3. The summed E-state index contributed by atoms with van der Waals surface area (Å²) in [7, 11) is 1.90. The maximum atomic E-state index is 5.70. The summed E-state index contributed by atoms with van der Waals surface area (Å²) in [6.45, 7) is 0. The number of imidazole rings is 1. The van der Waals surface area contributed by atoms with Crippen LogP contribution in [-0.4, -0.2) is 9.55 Å². The second kappa shape index (κ2) is 3.22. The van der Waals surface area contributed by atoms with Crippen molar-refractivity contribution in [2.75, 3.05) is 0 Å². The second-order valence-electron chi connectivity index (χ2n) is 2.48. The normalized spacial score (nSPS) is 12.5. The summed E-state index contributed by atoms with van der Waals surface area (Å²) in [5.41, 5.74) is 6.55. The first-order chi connectivity index (χ1) is 5.24. The molecule has 1 unspecified atom stereocenters. The Morgan fingerprint density at radius 3 is 3.09 bits per heavy atom. The Bertz CT molecular complexity index is 269. The first-order valence-corrected chi connectivity index (χ1v) is 3.41. The number of nitrogens with zero attached hydrogens (tertiary/aromatic N) is 2. The van der Waals surface area contributed by atoms with E-state index in [1.54, 1.807) is 6.33 Å². The van der Waals surface area contributed by atoms with E-state index in [-0.39, 0.29) is 6.04 Å². The first-order valence-electron chi connectivity index (χ1n) is 3.41. The highest BCUT2D eigenvalue weighted by atomic mass is 15.0. The molecule has 0 aliphatic carbocycles. The Hall–Kier alpha value is -1.27. The molecular formula is C8H11N3. The molecule has 2 N–H and O–H groups in total. The first kappa shape index (κ1) is 7.83. The fraction of sp³-hybridized carbons (Fsp3) is 0.375. The van der Waals surface area contributed by atoms with Gasteiger partial charge in [0.25, 0.3) is 0 Å². The van der Waals surface area contributed by atoms with Crippen molar-refractivity contribution in [2.24, 2.45) is 12.8 Å². The zero-order chi connectivity index (χ0) is 8.27. The molecule has 0 aliphatic heterocycles. The number of nitrogens with two attached hydrogens (primary N) is 1. The summed E-state index contributed by atoms with van der Waals surface area (Å²) in [4.78, 5) is 4.08. The summed E-state index contributed by atoms with van der Waals surface area (Å²) in [6.07, 6.45) is 9.24. The van der Waals surface area contributed by atoms with E-state index in [1.807, 2.05) is 17.8 Å². The molecule has 3 heteroatoms. The zero-order valence-corrected chi connectivity index (χ0v) is 6.49. The van der Waals surface area contributed by atoms with Crippen LogP contribution < -0.4 is 5.73 Å². The van der Waals surface area contributed by atoms with E-state index in [0.29, 0.717) is 6.42 Å². The molecule has 58 valence electrons. The average molecular weight is 149 g/mol. The van der Waals surface area contributed by atoms with Crippen LogP contribution >= 0.6 is 0 Å². The van der Waals surface area contributed by atoms with Crippen molar-refractivity contribution < 1.29 is 0 Å². The fourth-order valence-electron chi connectivity index (χ4n) is 0.856. The van der Waals surface area contributed by atoms with Crippen molar-refractivity contribution in [3.8, 4) is 12.3 Å². The van der Waals surface area contributed by atoms with Crippen LogP contribution in [0.5, 0.6) is 0 Å². The third-order valence-corrected chi connectivity index (χ3v) is 1.44. The van der Waals surface area contributed by atoms with Gasteiger partial charge >= 0.3 is 0 Å². The molecule has 0 aromatic carbocycles. The van der Waals surface area contributed by atoms with Crippen LogP contribution in [0.2, 0.25) is 0 Å². The lowest BCUT2D eigenvalue weighted by molar-refractivity contribution is 0.729. The molecule has 0 aliphatic rings. The number of rotatable bonds is 2. The molecule has 0 spiro atoms. The summed E-state index contributed by atoms with van der Waals surface area (Å²) in [6, 6.07) is -0.124. The summed E-state index contributed by atoms with van der Waals surface area (Å²) >= 11 is 0.